The molecule has 182 valence electrons. The van der Waals surface area contributed by atoms with Crippen LogP contribution in [-0.2, 0) is 4.74 Å². The predicted molar refractivity (Wildman–Crippen MR) is 131 cm³/mol. The number of fused-ring (bicyclic) bond motifs is 1. The van der Waals surface area contributed by atoms with E-state index in [4.69, 9.17) is 4.74 Å². The molecule has 3 heterocycles. The van der Waals surface area contributed by atoms with Crippen LogP contribution >= 0.6 is 11.3 Å². The van der Waals surface area contributed by atoms with E-state index < -0.39 is 5.60 Å². The van der Waals surface area contributed by atoms with Gasteiger partial charge < -0.3 is 14.5 Å². The number of amides is 2. The molecule has 0 unspecified atom stereocenters. The number of thiophene rings is 1. The van der Waals surface area contributed by atoms with Crippen LogP contribution in [0.2, 0.25) is 0 Å². The van der Waals surface area contributed by atoms with Gasteiger partial charge in [0, 0.05) is 32.1 Å². The van der Waals surface area contributed by atoms with Crippen LogP contribution in [-0.4, -0.2) is 63.9 Å². The molecule has 4 rings (SSSR count). The van der Waals surface area contributed by atoms with E-state index in [2.05, 4.69) is 5.10 Å². The van der Waals surface area contributed by atoms with Crippen molar-refractivity contribution in [3.63, 3.8) is 0 Å². The molecule has 3 aromatic rings. The fourth-order valence-electron chi connectivity index (χ4n) is 4.19. The molecule has 1 aromatic carbocycles. The minimum atomic E-state index is -0.516. The molecule has 9 heteroatoms. The molecule has 2 amide bonds. The summed E-state index contributed by atoms with van der Waals surface area (Å²) in [6, 6.07) is 8.08. The first-order chi connectivity index (χ1) is 16.0. The van der Waals surface area contributed by atoms with Gasteiger partial charge in [-0.1, -0.05) is 0 Å². The molecule has 0 N–H and O–H groups in total. The maximum atomic E-state index is 13.3. The van der Waals surface area contributed by atoms with Gasteiger partial charge in [0.15, 0.2) is 0 Å². The second kappa shape index (κ2) is 9.37. The largest absolute Gasteiger partial charge is 0.444 e. The minimum absolute atomic E-state index is 0.0187. The van der Waals surface area contributed by atoms with E-state index in [9.17, 15) is 14.0 Å². The first kappa shape index (κ1) is 24.2. The smallest absolute Gasteiger partial charge is 0.410 e. The third kappa shape index (κ3) is 5.24. The van der Waals surface area contributed by atoms with E-state index in [1.807, 2.05) is 38.7 Å². The van der Waals surface area contributed by atoms with Gasteiger partial charge in [0.25, 0.3) is 5.91 Å². The summed E-state index contributed by atoms with van der Waals surface area (Å²) in [4.78, 5) is 30.5. The standard InChI is InChI=1S/C25H31FN4O3S/c1-16-20-14-21(34-23(20)30(27-16)19-8-6-18(26)7-9-19)22(31)29-12-10-17(11-13-29)15-28(5)24(32)33-25(2,3)4/h6-9,14,17H,10-13,15H2,1-5H3. The zero-order valence-electron chi connectivity index (χ0n) is 20.3. The van der Waals surface area contributed by atoms with Crippen LogP contribution in [0, 0.1) is 18.7 Å². The monoisotopic (exact) mass is 486 g/mol. The molecule has 1 aliphatic heterocycles. The first-order valence-electron chi connectivity index (χ1n) is 11.5. The highest BCUT2D eigenvalue weighted by atomic mass is 32.1. The number of likely N-dealkylation sites (tertiary alicyclic amines) is 1. The number of aryl methyl sites for hydroxylation is 1. The van der Waals surface area contributed by atoms with Crippen LogP contribution in [0.3, 0.4) is 0 Å². The summed E-state index contributed by atoms with van der Waals surface area (Å²) in [7, 11) is 1.76. The maximum absolute atomic E-state index is 13.3. The van der Waals surface area contributed by atoms with Gasteiger partial charge in [-0.15, -0.1) is 11.3 Å². The normalized spacial score (nSPS) is 15.1. The van der Waals surface area contributed by atoms with Crippen molar-refractivity contribution in [1.29, 1.82) is 0 Å². The molecule has 1 aliphatic rings. The highest BCUT2D eigenvalue weighted by Crippen LogP contribution is 2.32. The van der Waals surface area contributed by atoms with Crippen molar-refractivity contribution in [3.8, 4) is 5.69 Å². The van der Waals surface area contributed by atoms with Gasteiger partial charge in [0.05, 0.1) is 16.3 Å². The van der Waals surface area contributed by atoms with Gasteiger partial charge in [-0.05, 0) is 76.8 Å². The van der Waals surface area contributed by atoms with E-state index in [-0.39, 0.29) is 17.8 Å². The van der Waals surface area contributed by atoms with E-state index >= 15 is 0 Å². The summed E-state index contributed by atoms with van der Waals surface area (Å²) in [5.74, 6) is 0.0510. The third-order valence-corrected chi connectivity index (χ3v) is 7.06. The highest BCUT2D eigenvalue weighted by Gasteiger charge is 2.28. The van der Waals surface area contributed by atoms with Gasteiger partial charge in [0.2, 0.25) is 0 Å². The Bertz CT molecular complexity index is 1190. The zero-order valence-corrected chi connectivity index (χ0v) is 21.1. The van der Waals surface area contributed by atoms with Gasteiger partial charge in [-0.2, -0.15) is 5.10 Å². The van der Waals surface area contributed by atoms with Crippen LogP contribution in [0.25, 0.3) is 15.9 Å². The molecule has 2 aromatic heterocycles. The van der Waals surface area contributed by atoms with E-state index in [0.29, 0.717) is 30.4 Å². The van der Waals surface area contributed by atoms with E-state index in [1.165, 1.54) is 23.5 Å². The molecule has 0 bridgehead atoms. The Kier molecular flexibility index (Phi) is 6.66. The number of rotatable bonds is 4. The number of nitrogens with zero attached hydrogens (tertiary/aromatic N) is 4. The number of carbonyl (C=O) groups excluding carboxylic acids is 2. The fraction of sp³-hybridized carbons (Fsp3) is 0.480. The molecule has 7 nitrogen and oxygen atoms in total. The Balaban J connectivity index is 1.40. The summed E-state index contributed by atoms with van der Waals surface area (Å²) in [6.07, 6.45) is 1.36. The van der Waals surface area contributed by atoms with Crippen molar-refractivity contribution in [3.05, 3.63) is 46.7 Å². The number of carbonyl (C=O) groups is 2. The number of hydrogen-bond donors (Lipinski definition) is 0. The second-order valence-electron chi connectivity index (χ2n) is 9.90. The second-order valence-corrected chi connectivity index (χ2v) is 10.9. The number of benzene rings is 1. The van der Waals surface area contributed by atoms with E-state index in [0.717, 1.165) is 34.4 Å². The van der Waals surface area contributed by atoms with Crippen LogP contribution in [0.5, 0.6) is 0 Å². The van der Waals surface area contributed by atoms with Crippen LogP contribution < -0.4 is 0 Å². The number of aromatic nitrogens is 2. The molecule has 1 fully saturated rings. The zero-order chi connectivity index (χ0) is 24.6. The molecule has 0 radical (unpaired) electrons. The minimum Gasteiger partial charge on any atom is -0.444 e. The summed E-state index contributed by atoms with van der Waals surface area (Å²) in [6.45, 7) is 9.41. The Morgan fingerprint density at radius 3 is 2.47 bits per heavy atom. The number of piperidine rings is 1. The van der Waals surface area contributed by atoms with E-state index in [1.54, 1.807) is 28.8 Å². The fourth-order valence-corrected chi connectivity index (χ4v) is 5.34. The third-order valence-electron chi connectivity index (χ3n) is 5.97. The lowest BCUT2D eigenvalue weighted by atomic mass is 9.96. The van der Waals surface area contributed by atoms with Crippen LogP contribution in [0.1, 0.15) is 49.0 Å². The van der Waals surface area contributed by atoms with Gasteiger partial charge in [0.1, 0.15) is 16.2 Å². The van der Waals surface area contributed by atoms with Crippen molar-refractivity contribution in [2.75, 3.05) is 26.7 Å². The molecular formula is C25H31FN4O3S. The maximum Gasteiger partial charge on any atom is 0.410 e. The lowest BCUT2D eigenvalue weighted by Crippen LogP contribution is -2.42. The summed E-state index contributed by atoms with van der Waals surface area (Å²) >= 11 is 1.41. The summed E-state index contributed by atoms with van der Waals surface area (Å²) in [5, 5.41) is 5.51. The van der Waals surface area contributed by atoms with Crippen molar-refractivity contribution in [2.24, 2.45) is 5.92 Å². The lowest BCUT2D eigenvalue weighted by Gasteiger charge is -2.34. The molecule has 1 saturated heterocycles. The average Bonchev–Trinajstić information content (AvgIpc) is 3.34. The Morgan fingerprint density at radius 1 is 1.21 bits per heavy atom. The molecule has 0 aliphatic carbocycles. The lowest BCUT2D eigenvalue weighted by molar-refractivity contribution is 0.0246. The Hall–Kier alpha value is -2.94. The Labute approximate surface area is 203 Å². The van der Waals surface area contributed by atoms with Crippen LogP contribution in [0.15, 0.2) is 30.3 Å². The Morgan fingerprint density at radius 2 is 1.85 bits per heavy atom. The van der Waals surface area contributed by atoms with Gasteiger partial charge in [-0.25, -0.2) is 13.9 Å². The number of hydrogen-bond acceptors (Lipinski definition) is 5. The molecular weight excluding hydrogens is 455 g/mol. The summed E-state index contributed by atoms with van der Waals surface area (Å²) in [5.41, 5.74) is 1.08. The highest BCUT2D eigenvalue weighted by molar-refractivity contribution is 7.20. The first-order valence-corrected chi connectivity index (χ1v) is 12.3. The SMILES string of the molecule is Cc1nn(-c2ccc(F)cc2)c2sc(C(=O)N3CCC(CN(C)C(=O)OC(C)(C)C)CC3)cc12. The number of halogens is 1. The molecule has 34 heavy (non-hydrogen) atoms. The molecule has 0 atom stereocenters. The molecule has 0 spiro atoms. The number of ether oxygens (including phenoxy) is 1. The predicted octanol–water partition coefficient (Wildman–Crippen LogP) is 5.25. The van der Waals surface area contributed by atoms with Crippen molar-refractivity contribution < 1.29 is 18.7 Å². The van der Waals surface area contributed by atoms with Crippen molar-refractivity contribution in [1.82, 2.24) is 19.6 Å². The van der Waals surface area contributed by atoms with Crippen molar-refractivity contribution in [2.45, 2.75) is 46.1 Å². The summed E-state index contributed by atoms with van der Waals surface area (Å²) < 4.78 is 20.5. The van der Waals surface area contributed by atoms with Gasteiger partial charge in [-0.3, -0.25) is 4.79 Å². The molecule has 0 saturated carbocycles. The quantitative estimate of drug-likeness (QED) is 0.505. The van der Waals surface area contributed by atoms with Crippen LogP contribution in [0.4, 0.5) is 9.18 Å². The topological polar surface area (TPSA) is 67.7 Å². The van der Waals surface area contributed by atoms with Gasteiger partial charge >= 0.3 is 6.09 Å². The average molecular weight is 487 g/mol. The van der Waals surface area contributed by atoms with Crippen molar-refractivity contribution >= 4 is 33.6 Å².